The quantitative estimate of drug-likeness (QED) is 0.208. The minimum absolute atomic E-state index is 0.969. The summed E-state index contributed by atoms with van der Waals surface area (Å²) in [4.78, 5) is 0. The van der Waals surface area contributed by atoms with Crippen LogP contribution in [0.1, 0.15) is 143 Å². The molecule has 0 unspecified atom stereocenters. The monoisotopic (exact) mass is 324 g/mol. The zero-order valence-electron chi connectivity index (χ0n) is 17.0. The molecule has 0 aromatic heterocycles. The van der Waals surface area contributed by atoms with Crippen LogP contribution in [0, 0.1) is 5.92 Å². The molecule has 0 amide bonds. The highest BCUT2D eigenvalue weighted by molar-refractivity contribution is 4.55. The number of hydrogen-bond donors (Lipinski definition) is 0. The van der Waals surface area contributed by atoms with Gasteiger partial charge in [0, 0.05) is 0 Å². The molecule has 0 spiro atoms. The fraction of sp³-hybridized carbons (Fsp3) is 1.00. The second kappa shape index (κ2) is 20.0. The Morgan fingerprint density at radius 1 is 0.391 bits per heavy atom. The molecule has 0 aromatic rings. The van der Waals surface area contributed by atoms with Gasteiger partial charge in [0.25, 0.3) is 0 Å². The molecule has 0 heteroatoms. The number of rotatable bonds is 19. The SMILES string of the molecule is CCCCCCCCCCCCCCCCC[C@@H](C)CCCC. The topological polar surface area (TPSA) is 0 Å². The molecule has 0 saturated heterocycles. The van der Waals surface area contributed by atoms with Gasteiger partial charge >= 0.3 is 0 Å². The summed E-state index contributed by atoms with van der Waals surface area (Å²) in [6, 6.07) is 0. The normalized spacial score (nSPS) is 12.7. The summed E-state index contributed by atoms with van der Waals surface area (Å²) in [5.41, 5.74) is 0. The van der Waals surface area contributed by atoms with Gasteiger partial charge in [-0.25, -0.2) is 0 Å². The summed E-state index contributed by atoms with van der Waals surface area (Å²) >= 11 is 0. The van der Waals surface area contributed by atoms with E-state index in [4.69, 9.17) is 0 Å². The maximum atomic E-state index is 2.44. The summed E-state index contributed by atoms with van der Waals surface area (Å²) in [7, 11) is 0. The fourth-order valence-corrected chi connectivity index (χ4v) is 3.56. The summed E-state index contributed by atoms with van der Waals surface area (Å²) in [5, 5.41) is 0. The Morgan fingerprint density at radius 2 is 0.696 bits per heavy atom. The van der Waals surface area contributed by atoms with Crippen LogP contribution >= 0.6 is 0 Å². The second-order valence-electron chi connectivity index (χ2n) is 7.99. The van der Waals surface area contributed by atoms with E-state index in [9.17, 15) is 0 Å². The van der Waals surface area contributed by atoms with E-state index in [2.05, 4.69) is 20.8 Å². The molecule has 0 radical (unpaired) electrons. The van der Waals surface area contributed by atoms with E-state index in [0.29, 0.717) is 0 Å². The van der Waals surface area contributed by atoms with E-state index in [1.807, 2.05) is 0 Å². The summed E-state index contributed by atoms with van der Waals surface area (Å²) in [6.45, 7) is 7.05. The summed E-state index contributed by atoms with van der Waals surface area (Å²) < 4.78 is 0. The van der Waals surface area contributed by atoms with Crippen LogP contribution in [0.4, 0.5) is 0 Å². The van der Waals surface area contributed by atoms with Crippen molar-refractivity contribution in [1.29, 1.82) is 0 Å². The number of unbranched alkanes of at least 4 members (excludes halogenated alkanes) is 15. The van der Waals surface area contributed by atoms with Crippen LogP contribution in [-0.4, -0.2) is 0 Å². The Kier molecular flexibility index (Phi) is 20.0. The molecule has 0 rings (SSSR count). The Morgan fingerprint density at radius 3 is 1.09 bits per heavy atom. The first kappa shape index (κ1) is 23.0. The smallest absolute Gasteiger partial charge is 0.0443 e. The van der Waals surface area contributed by atoms with Crippen molar-refractivity contribution in [3.8, 4) is 0 Å². The first-order chi connectivity index (χ1) is 11.3. The second-order valence-corrected chi connectivity index (χ2v) is 7.99. The van der Waals surface area contributed by atoms with Gasteiger partial charge in [-0.1, -0.05) is 143 Å². The van der Waals surface area contributed by atoms with Crippen LogP contribution in [0.3, 0.4) is 0 Å². The maximum absolute atomic E-state index is 2.44. The van der Waals surface area contributed by atoms with Gasteiger partial charge in [0.05, 0.1) is 0 Å². The van der Waals surface area contributed by atoms with Crippen LogP contribution < -0.4 is 0 Å². The third-order valence-electron chi connectivity index (χ3n) is 5.35. The Hall–Kier alpha value is 0. The Balaban J connectivity index is 3.02. The molecular weight excluding hydrogens is 276 g/mol. The lowest BCUT2D eigenvalue weighted by molar-refractivity contribution is 0.440. The molecule has 0 aromatic carbocycles. The van der Waals surface area contributed by atoms with Gasteiger partial charge in [0.1, 0.15) is 0 Å². The first-order valence-electron chi connectivity index (χ1n) is 11.3. The lowest BCUT2D eigenvalue weighted by Gasteiger charge is -2.10. The van der Waals surface area contributed by atoms with E-state index in [0.717, 1.165) is 5.92 Å². The van der Waals surface area contributed by atoms with Crippen LogP contribution in [-0.2, 0) is 0 Å². The molecule has 0 nitrogen and oxygen atoms in total. The predicted molar refractivity (Wildman–Crippen MR) is 108 cm³/mol. The molecule has 0 aliphatic heterocycles. The Labute approximate surface area is 149 Å². The summed E-state index contributed by atoms with van der Waals surface area (Å²) in [6.07, 6.45) is 27.8. The zero-order valence-corrected chi connectivity index (χ0v) is 17.0. The molecule has 140 valence electrons. The van der Waals surface area contributed by atoms with Crippen molar-refractivity contribution < 1.29 is 0 Å². The summed E-state index contributed by atoms with van der Waals surface area (Å²) in [5.74, 6) is 0.969. The molecule has 23 heavy (non-hydrogen) atoms. The van der Waals surface area contributed by atoms with Crippen LogP contribution in [0.5, 0.6) is 0 Å². The van der Waals surface area contributed by atoms with Gasteiger partial charge in [-0.2, -0.15) is 0 Å². The molecule has 0 aliphatic rings. The van der Waals surface area contributed by atoms with Crippen LogP contribution in [0.25, 0.3) is 0 Å². The minimum Gasteiger partial charge on any atom is -0.0654 e. The van der Waals surface area contributed by atoms with Gasteiger partial charge in [-0.05, 0) is 5.92 Å². The van der Waals surface area contributed by atoms with Crippen molar-refractivity contribution in [2.75, 3.05) is 0 Å². The van der Waals surface area contributed by atoms with Crippen molar-refractivity contribution in [2.24, 2.45) is 5.92 Å². The zero-order chi connectivity index (χ0) is 17.0. The van der Waals surface area contributed by atoms with E-state index < -0.39 is 0 Å². The van der Waals surface area contributed by atoms with E-state index >= 15 is 0 Å². The third-order valence-corrected chi connectivity index (χ3v) is 5.35. The van der Waals surface area contributed by atoms with Gasteiger partial charge in [-0.3, -0.25) is 0 Å². The van der Waals surface area contributed by atoms with Crippen molar-refractivity contribution in [2.45, 2.75) is 143 Å². The van der Waals surface area contributed by atoms with Crippen molar-refractivity contribution >= 4 is 0 Å². The van der Waals surface area contributed by atoms with Gasteiger partial charge in [-0.15, -0.1) is 0 Å². The molecule has 0 N–H and O–H groups in total. The highest BCUT2D eigenvalue weighted by atomic mass is 14.1. The lowest BCUT2D eigenvalue weighted by atomic mass is 9.97. The minimum atomic E-state index is 0.969. The lowest BCUT2D eigenvalue weighted by Crippen LogP contribution is -1.94. The van der Waals surface area contributed by atoms with E-state index in [1.54, 1.807) is 0 Å². The molecule has 0 fully saturated rings. The van der Waals surface area contributed by atoms with E-state index in [-0.39, 0.29) is 0 Å². The van der Waals surface area contributed by atoms with Gasteiger partial charge < -0.3 is 0 Å². The number of hydrogen-bond acceptors (Lipinski definition) is 0. The van der Waals surface area contributed by atoms with Gasteiger partial charge in [0.15, 0.2) is 0 Å². The third kappa shape index (κ3) is 20.0. The van der Waals surface area contributed by atoms with Gasteiger partial charge in [0.2, 0.25) is 0 Å². The molecule has 0 saturated carbocycles. The average Bonchev–Trinajstić information content (AvgIpc) is 2.56. The molecule has 0 bridgehead atoms. The van der Waals surface area contributed by atoms with Crippen LogP contribution in [0.15, 0.2) is 0 Å². The van der Waals surface area contributed by atoms with Crippen LogP contribution in [0.2, 0.25) is 0 Å². The largest absolute Gasteiger partial charge is 0.0654 e. The van der Waals surface area contributed by atoms with E-state index in [1.165, 1.54) is 122 Å². The fourth-order valence-electron chi connectivity index (χ4n) is 3.56. The highest BCUT2D eigenvalue weighted by Gasteiger charge is 2.01. The molecule has 0 aliphatic carbocycles. The highest BCUT2D eigenvalue weighted by Crippen LogP contribution is 2.17. The molecule has 0 heterocycles. The van der Waals surface area contributed by atoms with Crippen molar-refractivity contribution in [1.82, 2.24) is 0 Å². The maximum Gasteiger partial charge on any atom is -0.0443 e. The first-order valence-corrected chi connectivity index (χ1v) is 11.3. The van der Waals surface area contributed by atoms with Crippen molar-refractivity contribution in [3.63, 3.8) is 0 Å². The molecular formula is C23H48. The average molecular weight is 325 g/mol. The molecule has 1 atom stereocenters. The Bertz CT molecular complexity index is 196. The standard InChI is InChI=1S/C23H48/c1-4-6-8-9-10-11-12-13-14-15-16-17-18-19-20-22-23(3)21-7-5-2/h23H,4-22H2,1-3H3/t23-/m0/s1. The predicted octanol–water partition coefficient (Wildman–Crippen LogP) is 9.07. The van der Waals surface area contributed by atoms with Crippen molar-refractivity contribution in [3.05, 3.63) is 0 Å².